The van der Waals surface area contributed by atoms with Gasteiger partial charge in [0.25, 0.3) is 0 Å². The van der Waals surface area contributed by atoms with E-state index in [0.29, 0.717) is 0 Å². The molecular weight excluding hydrogens is 206 g/mol. The lowest BCUT2D eigenvalue weighted by Gasteiger charge is -2.23. The second-order valence-corrected chi connectivity index (χ2v) is 4.47. The predicted molar refractivity (Wildman–Crippen MR) is 55.6 cm³/mol. The summed E-state index contributed by atoms with van der Waals surface area (Å²) in [4.78, 5) is 11.2. The molecule has 0 bridgehead atoms. The van der Waals surface area contributed by atoms with Gasteiger partial charge in [-0.15, -0.1) is 11.6 Å². The fraction of sp³-hybridized carbons (Fsp3) is 0.889. The zero-order valence-corrected chi connectivity index (χ0v) is 9.76. The average Bonchev–Trinajstić information content (AvgIpc) is 1.99. The minimum absolute atomic E-state index is 0.0803. The highest BCUT2D eigenvalue weighted by atomic mass is 35.5. The minimum Gasteiger partial charge on any atom is -0.444 e. The second kappa shape index (κ2) is 5.41. The van der Waals surface area contributed by atoms with Gasteiger partial charge in [-0.25, -0.2) is 4.79 Å². The van der Waals surface area contributed by atoms with E-state index < -0.39 is 23.8 Å². The number of nitrogens with one attached hydrogen (secondary N) is 1. The first kappa shape index (κ1) is 13.5. The topological polar surface area (TPSA) is 58.6 Å². The molecule has 0 aliphatic rings. The van der Waals surface area contributed by atoms with Crippen LogP contribution in [0.15, 0.2) is 0 Å². The molecule has 0 aromatic heterocycles. The molecule has 0 aliphatic carbocycles. The Labute approximate surface area is 89.6 Å². The van der Waals surface area contributed by atoms with Crippen molar-refractivity contribution in [3.63, 3.8) is 0 Å². The minimum atomic E-state index is -0.760. The summed E-state index contributed by atoms with van der Waals surface area (Å²) < 4.78 is 5.00. The van der Waals surface area contributed by atoms with Crippen molar-refractivity contribution < 1.29 is 14.6 Å². The molecule has 4 nitrogen and oxygen atoms in total. The van der Waals surface area contributed by atoms with Gasteiger partial charge in [-0.1, -0.05) is 0 Å². The maximum atomic E-state index is 11.2. The van der Waals surface area contributed by atoms with Crippen LogP contribution in [-0.4, -0.2) is 34.8 Å². The van der Waals surface area contributed by atoms with E-state index in [9.17, 15) is 9.90 Å². The summed E-state index contributed by atoms with van der Waals surface area (Å²) in [6.45, 7) is 6.98. The number of alkyl halides is 1. The molecule has 0 unspecified atom stereocenters. The van der Waals surface area contributed by atoms with E-state index in [2.05, 4.69) is 5.32 Å². The highest BCUT2D eigenvalue weighted by molar-refractivity contribution is 6.18. The molecule has 0 aromatic carbocycles. The Balaban J connectivity index is 3.95. The Morgan fingerprint density at radius 3 is 2.43 bits per heavy atom. The van der Waals surface area contributed by atoms with Gasteiger partial charge in [0.1, 0.15) is 5.60 Å². The largest absolute Gasteiger partial charge is 0.444 e. The zero-order chi connectivity index (χ0) is 11.4. The third-order valence-corrected chi connectivity index (χ3v) is 1.80. The van der Waals surface area contributed by atoms with Gasteiger partial charge in [0.05, 0.1) is 18.0 Å². The molecule has 0 spiro atoms. The molecule has 0 saturated carbocycles. The van der Waals surface area contributed by atoms with Crippen LogP contribution >= 0.6 is 11.6 Å². The molecule has 5 heteroatoms. The fourth-order valence-corrected chi connectivity index (χ4v) is 0.991. The average molecular weight is 224 g/mol. The maximum absolute atomic E-state index is 11.2. The van der Waals surface area contributed by atoms with E-state index in [-0.39, 0.29) is 5.88 Å². The summed E-state index contributed by atoms with van der Waals surface area (Å²) >= 11 is 5.42. The van der Waals surface area contributed by atoms with Crippen molar-refractivity contribution in [1.29, 1.82) is 0 Å². The lowest BCUT2D eigenvalue weighted by atomic mass is 10.2. The van der Waals surface area contributed by atoms with Crippen molar-refractivity contribution in [2.45, 2.75) is 45.4 Å². The van der Waals surface area contributed by atoms with Crippen LogP contribution in [0.4, 0.5) is 4.79 Å². The number of aliphatic hydroxyl groups is 1. The third-order valence-electron chi connectivity index (χ3n) is 1.48. The van der Waals surface area contributed by atoms with Gasteiger partial charge in [0.15, 0.2) is 0 Å². The van der Waals surface area contributed by atoms with Crippen LogP contribution in [-0.2, 0) is 4.74 Å². The van der Waals surface area contributed by atoms with Crippen molar-refractivity contribution in [3.05, 3.63) is 0 Å². The highest BCUT2D eigenvalue weighted by Crippen LogP contribution is 2.07. The SMILES string of the molecule is C[C@@H](NC(=O)OC(C)(C)C)[C@@H](O)CCl. The van der Waals surface area contributed by atoms with Gasteiger partial charge < -0.3 is 15.2 Å². The number of hydrogen-bond acceptors (Lipinski definition) is 3. The first-order valence-corrected chi connectivity index (χ1v) is 5.03. The van der Waals surface area contributed by atoms with E-state index in [0.717, 1.165) is 0 Å². The quantitative estimate of drug-likeness (QED) is 0.713. The van der Waals surface area contributed by atoms with E-state index in [1.807, 2.05) is 0 Å². The van der Waals surface area contributed by atoms with Gasteiger partial charge in [0, 0.05) is 0 Å². The highest BCUT2D eigenvalue weighted by Gasteiger charge is 2.20. The van der Waals surface area contributed by atoms with Crippen LogP contribution in [0, 0.1) is 0 Å². The normalized spacial score (nSPS) is 15.9. The van der Waals surface area contributed by atoms with Crippen LogP contribution in [0.1, 0.15) is 27.7 Å². The monoisotopic (exact) mass is 223 g/mol. The molecule has 0 saturated heterocycles. The molecule has 2 atom stereocenters. The van der Waals surface area contributed by atoms with Crippen molar-refractivity contribution in [2.24, 2.45) is 0 Å². The van der Waals surface area contributed by atoms with Crippen molar-refractivity contribution >= 4 is 17.7 Å². The Morgan fingerprint density at radius 1 is 1.57 bits per heavy atom. The smallest absolute Gasteiger partial charge is 0.407 e. The predicted octanol–water partition coefficient (Wildman–Crippen LogP) is 1.50. The van der Waals surface area contributed by atoms with Crippen LogP contribution in [0.25, 0.3) is 0 Å². The van der Waals surface area contributed by atoms with E-state index >= 15 is 0 Å². The molecule has 14 heavy (non-hydrogen) atoms. The fourth-order valence-electron chi connectivity index (χ4n) is 0.723. The number of alkyl carbamates (subject to hydrolysis) is 1. The van der Waals surface area contributed by atoms with Crippen LogP contribution < -0.4 is 5.32 Å². The third kappa shape index (κ3) is 6.05. The number of rotatable bonds is 3. The summed E-state index contributed by atoms with van der Waals surface area (Å²) in [5.74, 6) is 0.0803. The van der Waals surface area contributed by atoms with Crippen LogP contribution in [0.2, 0.25) is 0 Å². The molecular formula is C9H18ClNO3. The van der Waals surface area contributed by atoms with E-state index in [1.54, 1.807) is 27.7 Å². The van der Waals surface area contributed by atoms with Gasteiger partial charge in [-0.3, -0.25) is 0 Å². The summed E-state index contributed by atoms with van der Waals surface area (Å²) in [6, 6.07) is -0.414. The first-order valence-electron chi connectivity index (χ1n) is 4.50. The van der Waals surface area contributed by atoms with Gasteiger partial charge in [0.2, 0.25) is 0 Å². The number of carbonyl (C=O) groups is 1. The van der Waals surface area contributed by atoms with Gasteiger partial charge in [-0.05, 0) is 27.7 Å². The Morgan fingerprint density at radius 2 is 2.07 bits per heavy atom. The van der Waals surface area contributed by atoms with Crippen LogP contribution in [0.5, 0.6) is 0 Å². The van der Waals surface area contributed by atoms with Crippen molar-refractivity contribution in [3.8, 4) is 0 Å². The van der Waals surface area contributed by atoms with Crippen LogP contribution in [0.3, 0.4) is 0 Å². The standard InChI is InChI=1S/C9H18ClNO3/c1-6(7(12)5-10)11-8(13)14-9(2,3)4/h6-7,12H,5H2,1-4H3,(H,11,13)/t6-,7+/m1/s1. The number of carbonyl (C=O) groups excluding carboxylic acids is 1. The number of hydrogen-bond donors (Lipinski definition) is 2. The van der Waals surface area contributed by atoms with Gasteiger partial charge in [-0.2, -0.15) is 0 Å². The number of ether oxygens (including phenoxy) is 1. The molecule has 2 N–H and O–H groups in total. The molecule has 0 aliphatic heterocycles. The molecule has 0 rings (SSSR count). The molecule has 0 aromatic rings. The summed E-state index contributed by atoms with van der Waals surface area (Å²) in [5.41, 5.74) is -0.532. The molecule has 84 valence electrons. The molecule has 1 amide bonds. The number of amides is 1. The Bertz CT molecular complexity index is 191. The summed E-state index contributed by atoms with van der Waals surface area (Å²) in [7, 11) is 0. The zero-order valence-electron chi connectivity index (χ0n) is 9.00. The second-order valence-electron chi connectivity index (χ2n) is 4.16. The van der Waals surface area contributed by atoms with E-state index in [1.165, 1.54) is 0 Å². The lowest BCUT2D eigenvalue weighted by Crippen LogP contribution is -2.44. The Hall–Kier alpha value is -0.480. The van der Waals surface area contributed by atoms with E-state index in [4.69, 9.17) is 16.3 Å². The first-order chi connectivity index (χ1) is 6.26. The Kier molecular flexibility index (Phi) is 5.23. The lowest BCUT2D eigenvalue weighted by molar-refractivity contribution is 0.0452. The maximum Gasteiger partial charge on any atom is 0.407 e. The summed E-state index contributed by atoms with van der Waals surface area (Å²) in [5, 5.41) is 11.8. The molecule has 0 fully saturated rings. The molecule has 0 heterocycles. The van der Waals surface area contributed by atoms with Crippen molar-refractivity contribution in [2.75, 3.05) is 5.88 Å². The molecule has 0 radical (unpaired) electrons. The summed E-state index contributed by atoms with van der Waals surface area (Å²) in [6.07, 6.45) is -1.31. The number of halogens is 1. The van der Waals surface area contributed by atoms with Gasteiger partial charge >= 0.3 is 6.09 Å². The number of aliphatic hydroxyl groups excluding tert-OH is 1. The van der Waals surface area contributed by atoms with Crippen molar-refractivity contribution in [1.82, 2.24) is 5.32 Å².